The van der Waals surface area contributed by atoms with Crippen LogP contribution in [0.2, 0.25) is 0 Å². The van der Waals surface area contributed by atoms with Crippen LogP contribution in [-0.2, 0) is 4.79 Å². The molecule has 0 bridgehead atoms. The van der Waals surface area contributed by atoms with E-state index in [1.165, 1.54) is 5.56 Å². The van der Waals surface area contributed by atoms with Gasteiger partial charge in [0.15, 0.2) is 0 Å². The van der Waals surface area contributed by atoms with E-state index in [-0.39, 0.29) is 12.6 Å². The monoisotopic (exact) mass is 341 g/mol. The first-order valence-corrected chi connectivity index (χ1v) is 8.02. The van der Waals surface area contributed by atoms with Crippen molar-refractivity contribution >= 4 is 6.47 Å². The molecule has 0 spiro atoms. The number of carboxylic acid groups (broad SMARTS) is 1. The van der Waals surface area contributed by atoms with Crippen LogP contribution < -0.4 is 20.7 Å². The Bertz CT molecular complexity index is 402. The Labute approximate surface area is 144 Å². The van der Waals surface area contributed by atoms with Crippen LogP contribution in [0.3, 0.4) is 0 Å². The van der Waals surface area contributed by atoms with Crippen molar-refractivity contribution < 1.29 is 19.7 Å². The highest BCUT2D eigenvalue weighted by Gasteiger charge is 2.11. The summed E-state index contributed by atoms with van der Waals surface area (Å²) < 4.78 is 4.97. The number of aliphatic hydroxyl groups is 1. The van der Waals surface area contributed by atoms with Gasteiger partial charge in [-0.15, -0.1) is 0 Å². The molecule has 138 valence electrons. The molecule has 7 nitrogen and oxygen atoms in total. The van der Waals surface area contributed by atoms with E-state index in [1.807, 2.05) is 31.3 Å². The lowest BCUT2D eigenvalue weighted by molar-refractivity contribution is -0.122. The van der Waals surface area contributed by atoms with Gasteiger partial charge < -0.3 is 30.9 Å². The molecule has 5 N–H and O–H groups in total. The Morgan fingerprint density at radius 1 is 1.21 bits per heavy atom. The van der Waals surface area contributed by atoms with Gasteiger partial charge in [0.2, 0.25) is 0 Å². The predicted molar refractivity (Wildman–Crippen MR) is 95.6 cm³/mol. The average molecular weight is 341 g/mol. The molecule has 1 atom stereocenters. The van der Waals surface area contributed by atoms with Crippen LogP contribution in [0.4, 0.5) is 0 Å². The SMILES string of the molecule is CNC1CNC1.COc1ccc(C)cc1.O=CO.OC1CCNC1. The maximum Gasteiger partial charge on any atom is 0.290 e. The van der Waals surface area contributed by atoms with Crippen LogP contribution in [0.15, 0.2) is 24.3 Å². The number of β-amino-alcohol motifs (C(OH)–C–C–N with tert-alkyl or cyclic N) is 1. The first-order valence-electron chi connectivity index (χ1n) is 8.02. The van der Waals surface area contributed by atoms with E-state index in [4.69, 9.17) is 19.7 Å². The van der Waals surface area contributed by atoms with Gasteiger partial charge >= 0.3 is 0 Å². The van der Waals surface area contributed by atoms with Gasteiger partial charge in [0.1, 0.15) is 5.75 Å². The van der Waals surface area contributed by atoms with E-state index in [0.29, 0.717) is 0 Å². The topological polar surface area (TPSA) is 103 Å². The minimum Gasteiger partial charge on any atom is -0.497 e. The van der Waals surface area contributed by atoms with Gasteiger partial charge in [-0.3, -0.25) is 4.79 Å². The van der Waals surface area contributed by atoms with Gasteiger partial charge in [-0.1, -0.05) is 17.7 Å². The lowest BCUT2D eigenvalue weighted by atomic mass is 10.2. The summed E-state index contributed by atoms with van der Waals surface area (Å²) in [6.45, 7) is 5.88. The van der Waals surface area contributed by atoms with Crippen LogP contribution in [0, 0.1) is 6.92 Å². The number of aryl methyl sites for hydroxylation is 1. The van der Waals surface area contributed by atoms with Gasteiger partial charge in [-0.05, 0) is 39.1 Å². The number of ether oxygens (including phenoxy) is 1. The van der Waals surface area contributed by atoms with Gasteiger partial charge in [0.25, 0.3) is 6.47 Å². The number of hydrogen-bond donors (Lipinski definition) is 5. The van der Waals surface area contributed by atoms with Crippen molar-refractivity contribution in [3.63, 3.8) is 0 Å². The Morgan fingerprint density at radius 3 is 2.00 bits per heavy atom. The Balaban J connectivity index is 0.000000313. The molecule has 2 saturated heterocycles. The standard InChI is InChI=1S/C8H10O.C4H10N2.C4H9NO.CH2O2/c1-7-3-5-8(9-2)6-4-7;1-5-4-2-6-3-4;6-4-1-2-5-3-4;2-1-3/h3-6H,1-2H3;4-6H,2-3H2,1H3;4-6H,1-3H2;1H,(H,2,3). The quantitative estimate of drug-likeness (QED) is 0.491. The highest BCUT2D eigenvalue weighted by molar-refractivity contribution is 5.32. The summed E-state index contributed by atoms with van der Waals surface area (Å²) in [5.41, 5.74) is 1.26. The maximum absolute atomic E-state index is 8.67. The Kier molecular flexibility index (Phi) is 13.9. The van der Waals surface area contributed by atoms with Crippen molar-refractivity contribution in [1.82, 2.24) is 16.0 Å². The maximum atomic E-state index is 8.67. The molecule has 24 heavy (non-hydrogen) atoms. The summed E-state index contributed by atoms with van der Waals surface area (Å²) in [5, 5.41) is 24.9. The van der Waals surface area contributed by atoms with Crippen molar-refractivity contribution in [3.8, 4) is 5.75 Å². The summed E-state index contributed by atoms with van der Waals surface area (Å²) in [4.78, 5) is 8.36. The highest BCUT2D eigenvalue weighted by Crippen LogP contribution is 2.09. The molecule has 3 rings (SSSR count). The lowest BCUT2D eigenvalue weighted by Gasteiger charge is -2.25. The molecule has 0 aromatic heterocycles. The number of likely N-dealkylation sites (N-methyl/N-ethyl adjacent to an activating group) is 1. The molecular weight excluding hydrogens is 310 g/mol. The highest BCUT2D eigenvalue weighted by atomic mass is 16.5. The lowest BCUT2D eigenvalue weighted by Crippen LogP contribution is -2.54. The van der Waals surface area contributed by atoms with Crippen molar-refractivity contribution in [3.05, 3.63) is 29.8 Å². The number of aliphatic hydroxyl groups excluding tert-OH is 1. The third-order valence-corrected chi connectivity index (χ3v) is 3.48. The number of rotatable bonds is 2. The minimum absolute atomic E-state index is 0.0648. The van der Waals surface area contributed by atoms with Crippen LogP contribution in [-0.4, -0.2) is 69.2 Å². The molecule has 0 saturated carbocycles. The largest absolute Gasteiger partial charge is 0.497 e. The van der Waals surface area contributed by atoms with E-state index < -0.39 is 0 Å². The van der Waals surface area contributed by atoms with Crippen LogP contribution >= 0.6 is 0 Å². The summed E-state index contributed by atoms with van der Waals surface area (Å²) in [5.74, 6) is 0.917. The van der Waals surface area contributed by atoms with Crippen LogP contribution in [0.5, 0.6) is 5.75 Å². The van der Waals surface area contributed by atoms with E-state index in [1.54, 1.807) is 7.11 Å². The second-order valence-electron chi connectivity index (χ2n) is 5.41. The smallest absolute Gasteiger partial charge is 0.290 e. The molecule has 0 aliphatic carbocycles. The van der Waals surface area contributed by atoms with E-state index in [2.05, 4.69) is 22.9 Å². The molecule has 0 amide bonds. The molecule has 7 heteroatoms. The first-order chi connectivity index (χ1) is 11.6. The molecule has 1 aromatic carbocycles. The molecule has 1 unspecified atom stereocenters. The molecule has 2 aliphatic heterocycles. The summed E-state index contributed by atoms with van der Waals surface area (Å²) in [6, 6.07) is 8.72. The second kappa shape index (κ2) is 14.9. The normalized spacial score (nSPS) is 18.4. The number of hydrogen-bond acceptors (Lipinski definition) is 6. The van der Waals surface area contributed by atoms with Gasteiger partial charge in [-0.2, -0.15) is 0 Å². The Hall–Kier alpha value is -1.67. The minimum atomic E-state index is -0.250. The average Bonchev–Trinajstić information content (AvgIpc) is 3.00. The van der Waals surface area contributed by atoms with E-state index >= 15 is 0 Å². The Morgan fingerprint density at radius 2 is 1.79 bits per heavy atom. The zero-order valence-corrected chi connectivity index (χ0v) is 14.8. The zero-order valence-electron chi connectivity index (χ0n) is 14.8. The number of benzene rings is 1. The molecule has 2 fully saturated rings. The van der Waals surface area contributed by atoms with Gasteiger partial charge in [0, 0.05) is 25.7 Å². The fourth-order valence-electron chi connectivity index (χ4n) is 1.81. The van der Waals surface area contributed by atoms with Gasteiger partial charge in [0.05, 0.1) is 13.2 Å². The molecule has 1 aromatic rings. The number of carbonyl (C=O) groups is 1. The number of methoxy groups -OCH3 is 1. The van der Waals surface area contributed by atoms with E-state index in [0.717, 1.165) is 44.4 Å². The fraction of sp³-hybridized carbons (Fsp3) is 0.588. The molecule has 0 radical (unpaired) electrons. The molecular formula is C17H31N3O4. The van der Waals surface area contributed by atoms with E-state index in [9.17, 15) is 0 Å². The predicted octanol–water partition coefficient (Wildman–Crippen LogP) is 0.223. The third-order valence-electron chi connectivity index (χ3n) is 3.48. The van der Waals surface area contributed by atoms with Crippen molar-refractivity contribution in [1.29, 1.82) is 0 Å². The number of nitrogens with one attached hydrogen (secondary N) is 3. The van der Waals surface area contributed by atoms with Crippen molar-refractivity contribution in [2.24, 2.45) is 0 Å². The summed E-state index contributed by atoms with van der Waals surface area (Å²) in [7, 11) is 3.66. The summed E-state index contributed by atoms with van der Waals surface area (Å²) >= 11 is 0. The summed E-state index contributed by atoms with van der Waals surface area (Å²) in [6.07, 6.45) is 0.866. The van der Waals surface area contributed by atoms with Gasteiger partial charge in [-0.25, -0.2) is 0 Å². The zero-order chi connectivity index (χ0) is 18.2. The van der Waals surface area contributed by atoms with Crippen LogP contribution in [0.1, 0.15) is 12.0 Å². The van der Waals surface area contributed by atoms with Crippen molar-refractivity contribution in [2.45, 2.75) is 25.5 Å². The fourth-order valence-corrected chi connectivity index (χ4v) is 1.81. The second-order valence-corrected chi connectivity index (χ2v) is 5.41. The van der Waals surface area contributed by atoms with Crippen molar-refractivity contribution in [2.75, 3.05) is 40.3 Å². The van der Waals surface area contributed by atoms with Crippen LogP contribution in [0.25, 0.3) is 0 Å². The molecule has 2 heterocycles. The molecule has 2 aliphatic rings. The first kappa shape index (κ1) is 22.3. The third kappa shape index (κ3) is 11.8.